The summed E-state index contributed by atoms with van der Waals surface area (Å²) in [6, 6.07) is 8.00. The van der Waals surface area contributed by atoms with Crippen molar-refractivity contribution in [3.05, 3.63) is 72.1 Å². The molecule has 1 aliphatic carbocycles. The first-order valence-electron chi connectivity index (χ1n) is 9.68. The summed E-state index contributed by atoms with van der Waals surface area (Å²) in [5, 5.41) is 0. The van der Waals surface area contributed by atoms with Gasteiger partial charge in [-0.3, -0.25) is 9.59 Å². The zero-order chi connectivity index (χ0) is 21.9. The molecule has 1 aliphatic rings. The number of halogens is 3. The molecular weight excluding hydrogens is 395 g/mol. The van der Waals surface area contributed by atoms with Crippen molar-refractivity contribution >= 4 is 11.8 Å². The quantitative estimate of drug-likeness (QED) is 0.610. The van der Waals surface area contributed by atoms with Crippen LogP contribution in [-0.2, 0) is 24.6 Å². The van der Waals surface area contributed by atoms with Crippen LogP contribution in [0.4, 0.5) is 13.2 Å². The molecule has 1 saturated carbocycles. The highest BCUT2D eigenvalue weighted by molar-refractivity contribution is 5.96. The fourth-order valence-corrected chi connectivity index (χ4v) is 3.26. The average Bonchev–Trinajstić information content (AvgIpc) is 3.46. The summed E-state index contributed by atoms with van der Waals surface area (Å²) in [5.41, 5.74) is 0.255. The Balaban J connectivity index is 1.73. The molecule has 0 atom stereocenters. The van der Waals surface area contributed by atoms with Crippen LogP contribution in [0.5, 0.6) is 0 Å². The number of hydrogen-bond donors (Lipinski definition) is 0. The van der Waals surface area contributed by atoms with E-state index in [-0.39, 0.29) is 30.6 Å². The van der Waals surface area contributed by atoms with Gasteiger partial charge in [0.2, 0.25) is 5.91 Å². The number of nitrogens with zero attached hydrogens (tertiary/aromatic N) is 3. The first kappa shape index (κ1) is 21.7. The van der Waals surface area contributed by atoms with Crippen molar-refractivity contribution in [3.63, 3.8) is 0 Å². The van der Waals surface area contributed by atoms with Gasteiger partial charge in [0.05, 0.1) is 12.1 Å². The number of aryl methyl sites for hydroxylation is 1. The molecule has 0 N–H and O–H groups in total. The highest BCUT2D eigenvalue weighted by atomic mass is 19.4. The largest absolute Gasteiger partial charge is 0.416 e. The molecule has 1 fully saturated rings. The Labute approximate surface area is 173 Å². The molecule has 0 unspecified atom stereocenters. The lowest BCUT2D eigenvalue weighted by molar-refractivity contribution is -0.137. The lowest BCUT2D eigenvalue weighted by atomic mass is 10.1. The Morgan fingerprint density at radius 1 is 1.20 bits per heavy atom. The van der Waals surface area contributed by atoms with Gasteiger partial charge < -0.3 is 14.4 Å². The third-order valence-corrected chi connectivity index (χ3v) is 5.11. The second-order valence-electron chi connectivity index (χ2n) is 7.41. The van der Waals surface area contributed by atoms with E-state index in [0.29, 0.717) is 6.54 Å². The number of benzene rings is 1. The van der Waals surface area contributed by atoms with Crippen LogP contribution >= 0.6 is 0 Å². The molecule has 0 saturated heterocycles. The van der Waals surface area contributed by atoms with E-state index in [1.54, 1.807) is 4.90 Å². The predicted molar refractivity (Wildman–Crippen MR) is 107 cm³/mol. The van der Waals surface area contributed by atoms with Gasteiger partial charge in [0.15, 0.2) is 0 Å². The minimum atomic E-state index is -4.47. The molecule has 1 heterocycles. The van der Waals surface area contributed by atoms with Crippen LogP contribution in [0, 0.1) is 0 Å². The summed E-state index contributed by atoms with van der Waals surface area (Å²) >= 11 is 0. The Kier molecular flexibility index (Phi) is 6.34. The Morgan fingerprint density at radius 2 is 1.87 bits per heavy atom. The molecule has 5 nitrogen and oxygen atoms in total. The molecule has 2 amide bonds. The smallest absolute Gasteiger partial charge is 0.353 e. The lowest BCUT2D eigenvalue weighted by Crippen LogP contribution is -2.43. The van der Waals surface area contributed by atoms with Crippen molar-refractivity contribution in [3.8, 4) is 0 Å². The number of amides is 2. The zero-order valence-corrected chi connectivity index (χ0v) is 16.7. The second-order valence-corrected chi connectivity index (χ2v) is 7.41. The van der Waals surface area contributed by atoms with Gasteiger partial charge in [0.25, 0.3) is 5.91 Å². The normalized spacial score (nSPS) is 13.7. The van der Waals surface area contributed by atoms with Crippen molar-refractivity contribution in [2.75, 3.05) is 13.1 Å². The summed E-state index contributed by atoms with van der Waals surface area (Å²) in [4.78, 5) is 28.9. The van der Waals surface area contributed by atoms with Crippen molar-refractivity contribution in [2.24, 2.45) is 7.05 Å². The Bertz CT molecular complexity index is 914. The lowest BCUT2D eigenvalue weighted by Gasteiger charge is -2.27. The summed E-state index contributed by atoms with van der Waals surface area (Å²) < 4.78 is 40.2. The number of aromatic nitrogens is 1. The molecule has 3 rings (SSSR count). The van der Waals surface area contributed by atoms with E-state index in [9.17, 15) is 22.8 Å². The predicted octanol–water partition coefficient (Wildman–Crippen LogP) is 3.86. The van der Waals surface area contributed by atoms with Gasteiger partial charge in [-0.2, -0.15) is 13.2 Å². The topological polar surface area (TPSA) is 45.6 Å². The van der Waals surface area contributed by atoms with Crippen LogP contribution in [0.15, 0.2) is 55.3 Å². The molecule has 30 heavy (non-hydrogen) atoms. The fourth-order valence-electron chi connectivity index (χ4n) is 3.26. The molecule has 1 aromatic heterocycles. The first-order chi connectivity index (χ1) is 14.2. The number of rotatable bonds is 8. The molecule has 8 heteroatoms. The van der Waals surface area contributed by atoms with Gasteiger partial charge >= 0.3 is 6.18 Å². The van der Waals surface area contributed by atoms with Gasteiger partial charge in [-0.25, -0.2) is 0 Å². The van der Waals surface area contributed by atoms with Crippen molar-refractivity contribution < 1.29 is 22.8 Å². The van der Waals surface area contributed by atoms with E-state index in [2.05, 4.69) is 6.58 Å². The molecule has 0 aliphatic heterocycles. The summed E-state index contributed by atoms with van der Waals surface area (Å²) in [6.07, 6.45) is 0.770. The van der Waals surface area contributed by atoms with Gasteiger partial charge in [0.1, 0.15) is 6.54 Å². The van der Waals surface area contributed by atoms with Crippen LogP contribution in [0.25, 0.3) is 0 Å². The van der Waals surface area contributed by atoms with E-state index >= 15 is 0 Å². The van der Waals surface area contributed by atoms with E-state index < -0.39 is 17.6 Å². The summed E-state index contributed by atoms with van der Waals surface area (Å²) in [7, 11) is 1.91. The SMILES string of the molecule is C=CCN(CC(=O)N(Cc1cccn1C)C1CC1)C(=O)c1ccc(C(F)(F)F)cc1. The van der Waals surface area contributed by atoms with Crippen LogP contribution in [0.2, 0.25) is 0 Å². The van der Waals surface area contributed by atoms with Crippen LogP contribution in [0.1, 0.15) is 34.5 Å². The van der Waals surface area contributed by atoms with Gasteiger partial charge in [0, 0.05) is 37.1 Å². The van der Waals surface area contributed by atoms with Crippen molar-refractivity contribution in [2.45, 2.75) is 31.6 Å². The number of hydrogen-bond acceptors (Lipinski definition) is 2. The van der Waals surface area contributed by atoms with Gasteiger partial charge in [-0.15, -0.1) is 6.58 Å². The van der Waals surface area contributed by atoms with Gasteiger partial charge in [-0.1, -0.05) is 6.08 Å². The molecule has 0 spiro atoms. The Hall–Kier alpha value is -3.03. The van der Waals surface area contributed by atoms with Crippen LogP contribution in [-0.4, -0.2) is 45.3 Å². The number of alkyl halides is 3. The molecule has 1 aromatic carbocycles. The van der Waals surface area contributed by atoms with Crippen molar-refractivity contribution in [1.29, 1.82) is 0 Å². The van der Waals surface area contributed by atoms with Crippen molar-refractivity contribution in [1.82, 2.24) is 14.4 Å². The summed E-state index contributed by atoms with van der Waals surface area (Å²) in [6.45, 7) is 4.03. The Morgan fingerprint density at radius 3 is 2.37 bits per heavy atom. The van der Waals surface area contributed by atoms with Gasteiger partial charge in [-0.05, 0) is 49.2 Å². The number of carbonyl (C=O) groups is 2. The minimum absolute atomic E-state index is 0.0954. The maximum absolute atomic E-state index is 13.0. The van der Waals surface area contributed by atoms with Crippen LogP contribution in [0.3, 0.4) is 0 Å². The second kappa shape index (κ2) is 8.77. The minimum Gasteiger partial charge on any atom is -0.353 e. The van der Waals surface area contributed by atoms with E-state index in [4.69, 9.17) is 0 Å². The summed E-state index contributed by atoms with van der Waals surface area (Å²) in [5.74, 6) is -0.701. The monoisotopic (exact) mass is 419 g/mol. The fraction of sp³-hybridized carbons (Fsp3) is 0.364. The first-order valence-corrected chi connectivity index (χ1v) is 9.68. The molecular formula is C22H24F3N3O2. The average molecular weight is 419 g/mol. The van der Waals surface area contributed by atoms with E-state index in [1.807, 2.05) is 29.9 Å². The highest BCUT2D eigenvalue weighted by Gasteiger charge is 2.34. The highest BCUT2D eigenvalue weighted by Crippen LogP contribution is 2.30. The maximum Gasteiger partial charge on any atom is 0.416 e. The third-order valence-electron chi connectivity index (χ3n) is 5.11. The molecule has 2 aromatic rings. The van der Waals surface area contributed by atoms with E-state index in [0.717, 1.165) is 42.8 Å². The standard InChI is InChI=1S/C22H24F3N3O2/c1-3-12-27(21(30)16-6-8-17(9-7-16)22(23,24)25)15-20(29)28(18-10-11-18)14-19-5-4-13-26(19)2/h3-9,13,18H,1,10-12,14-15H2,2H3. The van der Waals surface area contributed by atoms with Crippen LogP contribution < -0.4 is 0 Å². The zero-order valence-electron chi connectivity index (χ0n) is 16.7. The molecule has 0 radical (unpaired) electrons. The third kappa shape index (κ3) is 5.11. The number of carbonyl (C=O) groups excluding carboxylic acids is 2. The molecule has 160 valence electrons. The molecule has 0 bridgehead atoms. The maximum atomic E-state index is 13.0. The van der Waals surface area contributed by atoms with E-state index in [1.165, 1.54) is 11.0 Å².